The molecule has 5 rings (SSSR count). The van der Waals surface area contributed by atoms with Gasteiger partial charge < -0.3 is 15.1 Å². The maximum Gasteiger partial charge on any atom is 0.256 e. The van der Waals surface area contributed by atoms with Crippen molar-refractivity contribution < 1.29 is 9.21 Å². The zero-order valence-electron chi connectivity index (χ0n) is 12.9. The van der Waals surface area contributed by atoms with Crippen molar-refractivity contribution in [2.75, 3.05) is 5.32 Å². The summed E-state index contributed by atoms with van der Waals surface area (Å²) < 4.78 is 7.05. The average molecular weight is 348 g/mol. The smallest absolute Gasteiger partial charge is 0.256 e. The van der Waals surface area contributed by atoms with Gasteiger partial charge in [-0.3, -0.25) is 4.79 Å². The van der Waals surface area contributed by atoms with Gasteiger partial charge in [0.05, 0.1) is 15.8 Å². The number of rotatable bonds is 2. The molecule has 0 bridgehead atoms. The summed E-state index contributed by atoms with van der Waals surface area (Å²) in [5.41, 5.74) is 1.47. The summed E-state index contributed by atoms with van der Waals surface area (Å²) in [7, 11) is 0. The van der Waals surface area contributed by atoms with E-state index in [9.17, 15) is 4.79 Å². The third-order valence-electron chi connectivity index (χ3n) is 4.02. The molecule has 122 valence electrons. The summed E-state index contributed by atoms with van der Waals surface area (Å²) >= 11 is 1.57. The van der Waals surface area contributed by atoms with Crippen molar-refractivity contribution in [2.24, 2.45) is 0 Å². The SMILES string of the molecule is O=C1NC(c2ccc(-c3nc4ccccc4s3)o2)Nc2ncccc21. The molecule has 1 aliphatic rings. The van der Waals surface area contributed by atoms with Crippen LogP contribution >= 0.6 is 11.3 Å². The Bertz CT molecular complexity index is 1070. The minimum absolute atomic E-state index is 0.176. The van der Waals surface area contributed by atoms with E-state index < -0.39 is 6.17 Å². The third-order valence-corrected chi connectivity index (χ3v) is 5.08. The lowest BCUT2D eigenvalue weighted by molar-refractivity contribution is 0.0930. The summed E-state index contributed by atoms with van der Waals surface area (Å²) in [5.74, 6) is 1.66. The number of anilines is 1. The first-order chi connectivity index (χ1) is 12.3. The molecular formula is C18H12N4O2S. The van der Waals surface area contributed by atoms with Crippen LogP contribution in [-0.2, 0) is 0 Å². The number of amides is 1. The molecule has 3 aromatic heterocycles. The number of furan rings is 1. The summed E-state index contributed by atoms with van der Waals surface area (Å²) in [5, 5.41) is 6.87. The molecule has 4 aromatic rings. The van der Waals surface area contributed by atoms with E-state index in [0.29, 0.717) is 22.9 Å². The van der Waals surface area contributed by atoms with Gasteiger partial charge >= 0.3 is 0 Å². The van der Waals surface area contributed by atoms with Gasteiger partial charge in [-0.15, -0.1) is 11.3 Å². The van der Waals surface area contributed by atoms with Crippen molar-refractivity contribution in [1.82, 2.24) is 15.3 Å². The molecule has 4 heterocycles. The standard InChI is InChI=1S/C18H12N4O2S/c23-17-10-4-3-9-19-15(10)21-16(22-17)12-7-8-13(24-12)18-20-11-5-1-2-6-14(11)25-18/h1-9,16H,(H,19,21)(H,22,23). The fourth-order valence-electron chi connectivity index (χ4n) is 2.83. The van der Waals surface area contributed by atoms with Gasteiger partial charge in [0.2, 0.25) is 0 Å². The molecule has 1 aliphatic heterocycles. The lowest BCUT2D eigenvalue weighted by Gasteiger charge is -2.25. The zero-order chi connectivity index (χ0) is 16.8. The number of nitrogens with zero attached hydrogens (tertiary/aromatic N) is 2. The maximum atomic E-state index is 12.2. The van der Waals surface area contributed by atoms with Crippen molar-refractivity contribution in [1.29, 1.82) is 0 Å². The number of fused-ring (bicyclic) bond motifs is 2. The first-order valence-corrected chi connectivity index (χ1v) is 8.58. The number of aromatic nitrogens is 2. The van der Waals surface area contributed by atoms with Crippen LogP contribution in [0.15, 0.2) is 59.1 Å². The van der Waals surface area contributed by atoms with E-state index in [1.807, 2.05) is 36.4 Å². The molecule has 1 aromatic carbocycles. The zero-order valence-corrected chi connectivity index (χ0v) is 13.7. The van der Waals surface area contributed by atoms with E-state index in [1.165, 1.54) is 0 Å². The van der Waals surface area contributed by atoms with Crippen molar-refractivity contribution in [3.8, 4) is 10.8 Å². The van der Waals surface area contributed by atoms with E-state index in [4.69, 9.17) is 4.42 Å². The van der Waals surface area contributed by atoms with Crippen LogP contribution in [0.5, 0.6) is 0 Å². The van der Waals surface area contributed by atoms with E-state index in [-0.39, 0.29) is 5.91 Å². The Morgan fingerprint density at radius 3 is 2.88 bits per heavy atom. The largest absolute Gasteiger partial charge is 0.454 e. The van der Waals surface area contributed by atoms with Gasteiger partial charge in [-0.1, -0.05) is 12.1 Å². The monoisotopic (exact) mass is 348 g/mol. The molecule has 0 saturated heterocycles. The number of thiazole rings is 1. The Balaban J connectivity index is 1.48. The highest BCUT2D eigenvalue weighted by atomic mass is 32.1. The van der Waals surface area contributed by atoms with Gasteiger partial charge in [-0.05, 0) is 36.4 Å². The van der Waals surface area contributed by atoms with Gasteiger partial charge in [0.15, 0.2) is 16.9 Å². The van der Waals surface area contributed by atoms with Gasteiger partial charge in [0, 0.05) is 6.20 Å². The molecule has 1 atom stereocenters. The van der Waals surface area contributed by atoms with E-state index in [2.05, 4.69) is 20.6 Å². The molecule has 1 unspecified atom stereocenters. The number of hydrogen-bond donors (Lipinski definition) is 2. The van der Waals surface area contributed by atoms with Crippen molar-refractivity contribution in [3.05, 3.63) is 66.1 Å². The number of benzene rings is 1. The van der Waals surface area contributed by atoms with E-state index >= 15 is 0 Å². The Kier molecular flexibility index (Phi) is 3.07. The number of para-hydroxylation sites is 1. The Morgan fingerprint density at radius 1 is 1.04 bits per heavy atom. The van der Waals surface area contributed by atoms with E-state index in [0.717, 1.165) is 15.2 Å². The molecule has 25 heavy (non-hydrogen) atoms. The predicted octanol–water partition coefficient (Wildman–Crippen LogP) is 3.81. The lowest BCUT2D eigenvalue weighted by Crippen LogP contribution is -2.38. The van der Waals surface area contributed by atoms with Crippen LogP contribution < -0.4 is 10.6 Å². The Labute approximate surface area is 146 Å². The molecule has 7 heteroatoms. The molecule has 0 spiro atoms. The summed E-state index contributed by atoms with van der Waals surface area (Å²) in [6, 6.07) is 15.1. The fraction of sp³-hybridized carbons (Fsp3) is 0.0556. The molecular weight excluding hydrogens is 336 g/mol. The van der Waals surface area contributed by atoms with Crippen LogP contribution in [0.3, 0.4) is 0 Å². The predicted molar refractivity (Wildman–Crippen MR) is 95.4 cm³/mol. The van der Waals surface area contributed by atoms with E-state index in [1.54, 1.807) is 29.7 Å². The normalized spacial score (nSPS) is 16.3. The lowest BCUT2D eigenvalue weighted by atomic mass is 10.2. The number of carbonyl (C=O) groups excluding carboxylic acids is 1. The second-order valence-corrected chi connectivity index (χ2v) is 6.67. The third kappa shape index (κ3) is 2.36. The molecule has 0 saturated carbocycles. The number of pyridine rings is 1. The molecule has 2 N–H and O–H groups in total. The molecule has 0 fully saturated rings. The average Bonchev–Trinajstić information content (AvgIpc) is 3.28. The highest BCUT2D eigenvalue weighted by molar-refractivity contribution is 7.21. The number of carbonyl (C=O) groups is 1. The second-order valence-electron chi connectivity index (χ2n) is 5.64. The quantitative estimate of drug-likeness (QED) is 0.576. The van der Waals surface area contributed by atoms with Gasteiger partial charge in [-0.25, -0.2) is 9.97 Å². The van der Waals surface area contributed by atoms with Crippen molar-refractivity contribution in [3.63, 3.8) is 0 Å². The molecule has 6 nitrogen and oxygen atoms in total. The highest BCUT2D eigenvalue weighted by Gasteiger charge is 2.27. The second kappa shape index (κ2) is 5.42. The van der Waals surface area contributed by atoms with Crippen LogP contribution in [0, 0.1) is 0 Å². The van der Waals surface area contributed by atoms with Crippen LogP contribution in [-0.4, -0.2) is 15.9 Å². The van der Waals surface area contributed by atoms with Crippen LogP contribution in [0.2, 0.25) is 0 Å². The summed E-state index contributed by atoms with van der Waals surface area (Å²) in [6.45, 7) is 0. The minimum atomic E-state index is -0.460. The topological polar surface area (TPSA) is 80.0 Å². The minimum Gasteiger partial charge on any atom is -0.454 e. The summed E-state index contributed by atoms with van der Waals surface area (Å²) in [6.07, 6.45) is 1.19. The Morgan fingerprint density at radius 2 is 1.96 bits per heavy atom. The maximum absolute atomic E-state index is 12.2. The van der Waals surface area contributed by atoms with Crippen molar-refractivity contribution >= 4 is 33.3 Å². The number of hydrogen-bond acceptors (Lipinski definition) is 6. The molecule has 0 radical (unpaired) electrons. The first kappa shape index (κ1) is 14.2. The number of nitrogens with one attached hydrogen (secondary N) is 2. The van der Waals surface area contributed by atoms with Crippen LogP contribution in [0.4, 0.5) is 5.82 Å². The van der Waals surface area contributed by atoms with Crippen LogP contribution in [0.1, 0.15) is 22.3 Å². The first-order valence-electron chi connectivity index (χ1n) is 7.76. The highest BCUT2D eigenvalue weighted by Crippen LogP contribution is 2.33. The van der Waals surface area contributed by atoms with Crippen molar-refractivity contribution in [2.45, 2.75) is 6.17 Å². The van der Waals surface area contributed by atoms with Gasteiger partial charge in [0.1, 0.15) is 11.6 Å². The van der Waals surface area contributed by atoms with Gasteiger partial charge in [0.25, 0.3) is 5.91 Å². The Hall–Kier alpha value is -3.19. The summed E-state index contributed by atoms with van der Waals surface area (Å²) in [4.78, 5) is 21.0. The van der Waals surface area contributed by atoms with Crippen LogP contribution in [0.25, 0.3) is 21.0 Å². The van der Waals surface area contributed by atoms with Gasteiger partial charge in [-0.2, -0.15) is 0 Å². The molecule has 1 amide bonds. The molecule has 0 aliphatic carbocycles. The fourth-order valence-corrected chi connectivity index (χ4v) is 3.76.